The summed E-state index contributed by atoms with van der Waals surface area (Å²) < 4.78 is 10.6. The van der Waals surface area contributed by atoms with Crippen molar-refractivity contribution in [3.8, 4) is 11.5 Å². The number of esters is 1. The molecule has 0 aliphatic heterocycles. The van der Waals surface area contributed by atoms with Gasteiger partial charge in [0, 0.05) is 17.9 Å². The normalized spacial score (nSPS) is 17.7. The SMILES string of the molecule is CCC(=O)c1ccc(OC(=O)C(C)(C)Oc2ccc(C3CC3(Cl)Cl)cc2)cc1. The molecule has 0 saturated heterocycles. The van der Waals surface area contributed by atoms with E-state index in [0.29, 0.717) is 23.5 Å². The van der Waals surface area contributed by atoms with E-state index in [1.54, 1.807) is 57.2 Å². The van der Waals surface area contributed by atoms with Gasteiger partial charge in [-0.3, -0.25) is 4.79 Å². The summed E-state index contributed by atoms with van der Waals surface area (Å²) in [6, 6.07) is 13.9. The van der Waals surface area contributed by atoms with Crippen LogP contribution in [0.2, 0.25) is 0 Å². The summed E-state index contributed by atoms with van der Waals surface area (Å²) >= 11 is 12.2. The first-order valence-corrected chi connectivity index (χ1v) is 9.90. The largest absolute Gasteiger partial charge is 0.476 e. The summed E-state index contributed by atoms with van der Waals surface area (Å²) in [6.07, 6.45) is 1.16. The van der Waals surface area contributed by atoms with Crippen LogP contribution in [-0.2, 0) is 4.79 Å². The zero-order valence-corrected chi connectivity index (χ0v) is 17.5. The minimum atomic E-state index is -1.19. The van der Waals surface area contributed by atoms with Gasteiger partial charge in [0.15, 0.2) is 5.78 Å². The molecule has 0 aromatic heterocycles. The van der Waals surface area contributed by atoms with Gasteiger partial charge in [-0.25, -0.2) is 4.79 Å². The third-order valence-electron chi connectivity index (χ3n) is 4.68. The molecule has 1 unspecified atom stereocenters. The smallest absolute Gasteiger partial charge is 0.355 e. The Morgan fingerprint density at radius 3 is 2.07 bits per heavy atom. The fraction of sp³-hybridized carbons (Fsp3) is 0.364. The maximum atomic E-state index is 12.5. The maximum absolute atomic E-state index is 12.5. The van der Waals surface area contributed by atoms with Crippen LogP contribution in [0.4, 0.5) is 0 Å². The van der Waals surface area contributed by atoms with Gasteiger partial charge in [0.25, 0.3) is 0 Å². The number of alkyl halides is 2. The van der Waals surface area contributed by atoms with Crippen LogP contribution in [-0.4, -0.2) is 21.7 Å². The number of hydrogen-bond acceptors (Lipinski definition) is 4. The average Bonchev–Trinajstić information content (AvgIpc) is 3.30. The second kappa shape index (κ2) is 7.76. The summed E-state index contributed by atoms with van der Waals surface area (Å²) in [7, 11) is 0. The molecule has 1 fully saturated rings. The van der Waals surface area contributed by atoms with Gasteiger partial charge < -0.3 is 9.47 Å². The van der Waals surface area contributed by atoms with Gasteiger partial charge in [-0.05, 0) is 62.2 Å². The zero-order chi connectivity index (χ0) is 20.5. The van der Waals surface area contributed by atoms with E-state index in [1.165, 1.54) is 0 Å². The lowest BCUT2D eigenvalue weighted by Gasteiger charge is -2.24. The summed E-state index contributed by atoms with van der Waals surface area (Å²) in [5.74, 6) is 0.542. The van der Waals surface area contributed by atoms with Crippen molar-refractivity contribution in [2.75, 3.05) is 0 Å². The van der Waals surface area contributed by atoms with E-state index in [9.17, 15) is 9.59 Å². The number of ketones is 1. The molecule has 0 radical (unpaired) electrons. The Morgan fingerprint density at radius 1 is 1.04 bits per heavy atom. The predicted octanol–water partition coefficient (Wildman–Crippen LogP) is 5.70. The summed E-state index contributed by atoms with van der Waals surface area (Å²) in [6.45, 7) is 5.08. The van der Waals surface area contributed by atoms with Gasteiger partial charge in [-0.1, -0.05) is 19.1 Å². The average molecular weight is 421 g/mol. The van der Waals surface area contributed by atoms with Crippen LogP contribution in [0.15, 0.2) is 48.5 Å². The number of hydrogen-bond donors (Lipinski definition) is 0. The quantitative estimate of drug-likeness (QED) is 0.249. The number of Topliss-reactive ketones (excluding diaryl/α,β-unsaturated/α-hetero) is 1. The highest BCUT2D eigenvalue weighted by Crippen LogP contribution is 2.59. The minimum Gasteiger partial charge on any atom is -0.476 e. The summed E-state index contributed by atoms with van der Waals surface area (Å²) in [5, 5.41) is 0. The molecular weight excluding hydrogens is 399 g/mol. The molecule has 3 rings (SSSR count). The molecule has 2 aromatic rings. The first-order valence-electron chi connectivity index (χ1n) is 9.15. The third kappa shape index (κ3) is 4.68. The van der Waals surface area contributed by atoms with E-state index < -0.39 is 15.9 Å². The van der Waals surface area contributed by atoms with Crippen LogP contribution >= 0.6 is 23.2 Å². The number of benzene rings is 2. The van der Waals surface area contributed by atoms with Crippen molar-refractivity contribution in [3.63, 3.8) is 0 Å². The van der Waals surface area contributed by atoms with Crippen LogP contribution in [0.1, 0.15) is 55.5 Å². The van der Waals surface area contributed by atoms with Crippen molar-refractivity contribution < 1.29 is 19.1 Å². The molecule has 1 saturated carbocycles. The number of carbonyl (C=O) groups is 2. The highest BCUT2D eigenvalue weighted by molar-refractivity contribution is 6.51. The number of carbonyl (C=O) groups excluding carboxylic acids is 2. The molecule has 28 heavy (non-hydrogen) atoms. The van der Waals surface area contributed by atoms with Crippen molar-refractivity contribution in [2.45, 2.75) is 49.5 Å². The molecule has 0 heterocycles. The minimum absolute atomic E-state index is 0.0387. The molecule has 6 heteroatoms. The van der Waals surface area contributed by atoms with E-state index in [4.69, 9.17) is 32.7 Å². The van der Waals surface area contributed by atoms with E-state index in [2.05, 4.69) is 0 Å². The Hall–Kier alpha value is -2.04. The maximum Gasteiger partial charge on any atom is 0.355 e. The van der Waals surface area contributed by atoms with Crippen molar-refractivity contribution in [3.05, 3.63) is 59.7 Å². The molecule has 1 atom stereocenters. The monoisotopic (exact) mass is 420 g/mol. The molecule has 1 aliphatic carbocycles. The summed E-state index contributed by atoms with van der Waals surface area (Å²) in [5.41, 5.74) is 0.438. The van der Waals surface area contributed by atoms with Crippen molar-refractivity contribution in [2.24, 2.45) is 0 Å². The van der Waals surface area contributed by atoms with Crippen molar-refractivity contribution >= 4 is 35.0 Å². The Balaban J connectivity index is 1.62. The zero-order valence-electron chi connectivity index (χ0n) is 16.0. The third-order valence-corrected chi connectivity index (χ3v) is 5.52. The van der Waals surface area contributed by atoms with Gasteiger partial charge in [-0.2, -0.15) is 0 Å². The van der Waals surface area contributed by atoms with Gasteiger partial charge in [0.05, 0.1) is 0 Å². The first kappa shape index (κ1) is 20.7. The topological polar surface area (TPSA) is 52.6 Å². The lowest BCUT2D eigenvalue weighted by atomic mass is 10.1. The predicted molar refractivity (Wildman–Crippen MR) is 110 cm³/mol. The highest BCUT2D eigenvalue weighted by atomic mass is 35.5. The molecular formula is C22H22Cl2O4. The highest BCUT2D eigenvalue weighted by Gasteiger charge is 2.52. The Kier molecular flexibility index (Phi) is 5.74. The molecule has 148 valence electrons. The molecule has 0 N–H and O–H groups in total. The standard InChI is InChI=1S/C22H22Cl2O4/c1-4-19(25)15-7-9-16(10-8-15)27-20(26)21(2,3)28-17-11-5-14(6-12-17)18-13-22(18,23)24/h5-12,18H,4,13H2,1-3H3. The van der Waals surface area contributed by atoms with Crippen LogP contribution in [0, 0.1) is 0 Å². The van der Waals surface area contributed by atoms with E-state index >= 15 is 0 Å². The van der Waals surface area contributed by atoms with Gasteiger partial charge in [0.2, 0.25) is 5.60 Å². The second-order valence-corrected chi connectivity index (χ2v) is 8.93. The van der Waals surface area contributed by atoms with Crippen LogP contribution < -0.4 is 9.47 Å². The van der Waals surface area contributed by atoms with Crippen LogP contribution in [0.25, 0.3) is 0 Å². The van der Waals surface area contributed by atoms with E-state index in [-0.39, 0.29) is 11.7 Å². The number of halogens is 2. The Labute approximate surface area is 174 Å². The number of rotatable bonds is 7. The lowest BCUT2D eigenvalue weighted by molar-refractivity contribution is -0.149. The molecule has 0 bridgehead atoms. The molecule has 4 nitrogen and oxygen atoms in total. The van der Waals surface area contributed by atoms with Crippen LogP contribution in [0.5, 0.6) is 11.5 Å². The molecule has 2 aromatic carbocycles. The first-order chi connectivity index (χ1) is 13.1. The Morgan fingerprint density at radius 2 is 1.57 bits per heavy atom. The molecule has 0 spiro atoms. The van der Waals surface area contributed by atoms with E-state index in [0.717, 1.165) is 12.0 Å². The van der Waals surface area contributed by atoms with Gasteiger partial charge in [-0.15, -0.1) is 23.2 Å². The Bertz CT molecular complexity index is 870. The molecule has 0 amide bonds. The second-order valence-electron chi connectivity index (χ2n) is 7.39. The summed E-state index contributed by atoms with van der Waals surface area (Å²) in [4.78, 5) is 24.2. The van der Waals surface area contributed by atoms with Crippen LogP contribution in [0.3, 0.4) is 0 Å². The van der Waals surface area contributed by atoms with Gasteiger partial charge >= 0.3 is 5.97 Å². The van der Waals surface area contributed by atoms with Gasteiger partial charge in [0.1, 0.15) is 15.8 Å². The number of ether oxygens (including phenoxy) is 2. The van der Waals surface area contributed by atoms with Crippen molar-refractivity contribution in [1.29, 1.82) is 0 Å². The fourth-order valence-corrected chi connectivity index (χ4v) is 3.38. The lowest BCUT2D eigenvalue weighted by Crippen LogP contribution is -2.41. The fourth-order valence-electron chi connectivity index (χ4n) is 2.82. The van der Waals surface area contributed by atoms with Crippen molar-refractivity contribution in [1.82, 2.24) is 0 Å². The molecule has 1 aliphatic rings. The van der Waals surface area contributed by atoms with E-state index in [1.807, 2.05) is 12.1 Å².